The van der Waals surface area contributed by atoms with Gasteiger partial charge >= 0.3 is 0 Å². The summed E-state index contributed by atoms with van der Waals surface area (Å²) in [4.78, 5) is 8.88. The molecule has 1 saturated carbocycles. The van der Waals surface area contributed by atoms with E-state index in [1.54, 1.807) is 29.0 Å². The van der Waals surface area contributed by atoms with Gasteiger partial charge in [0.15, 0.2) is 5.82 Å². The molecule has 0 unspecified atom stereocenters. The van der Waals surface area contributed by atoms with Crippen molar-refractivity contribution in [2.75, 3.05) is 0 Å². The molecule has 1 fully saturated rings. The van der Waals surface area contributed by atoms with Crippen LogP contribution in [-0.4, -0.2) is 29.8 Å². The van der Waals surface area contributed by atoms with Crippen LogP contribution in [0.5, 0.6) is 0 Å². The third-order valence-corrected chi connectivity index (χ3v) is 5.78. The average molecular weight is 389 g/mol. The first-order chi connectivity index (χ1) is 14.8. The Morgan fingerprint density at radius 3 is 2.63 bits per heavy atom. The summed E-state index contributed by atoms with van der Waals surface area (Å²) in [5, 5.41) is 23.7. The van der Waals surface area contributed by atoms with E-state index in [1.807, 2.05) is 18.2 Å². The third kappa shape index (κ3) is 2.47. The maximum atomic E-state index is 9.02. The summed E-state index contributed by atoms with van der Waals surface area (Å²) < 4.78 is 1.76. The maximum Gasteiger partial charge on any atom is 0.271 e. The molecule has 0 saturated heterocycles. The molecule has 5 aromatic rings. The highest BCUT2D eigenvalue weighted by Gasteiger charge is 2.50. The smallest absolute Gasteiger partial charge is 0.256 e. The van der Waals surface area contributed by atoms with Crippen LogP contribution in [0.4, 0.5) is 0 Å². The SMILES string of the molecule is N#Cc1ccc(-c2cnc3nnc(C4(c5ccc6ncccc6c5)CC4)n3n2)cc1. The molecule has 1 aliphatic carbocycles. The standard InChI is InChI=1S/C23H15N7/c24-13-15-3-5-16(6-4-15)20-14-26-22-28-27-21(30(22)29-20)23(9-10-23)18-7-8-19-17(12-18)2-1-11-25-19/h1-8,11-12,14H,9-10H2. The summed E-state index contributed by atoms with van der Waals surface area (Å²) in [6, 6.07) is 19.8. The zero-order valence-corrected chi connectivity index (χ0v) is 15.9. The van der Waals surface area contributed by atoms with Crippen molar-refractivity contribution in [1.29, 1.82) is 5.26 Å². The fraction of sp³-hybridized carbons (Fsp3) is 0.130. The lowest BCUT2D eigenvalue weighted by atomic mass is 9.94. The van der Waals surface area contributed by atoms with Crippen LogP contribution in [0, 0.1) is 11.3 Å². The van der Waals surface area contributed by atoms with E-state index in [1.165, 1.54) is 5.56 Å². The van der Waals surface area contributed by atoms with Crippen LogP contribution in [-0.2, 0) is 5.41 Å². The summed E-state index contributed by atoms with van der Waals surface area (Å²) in [6.45, 7) is 0. The molecule has 30 heavy (non-hydrogen) atoms. The second kappa shape index (κ2) is 6.16. The molecule has 0 spiro atoms. The lowest BCUT2D eigenvalue weighted by Crippen LogP contribution is -2.15. The summed E-state index contributed by atoms with van der Waals surface area (Å²) in [6.07, 6.45) is 5.47. The number of rotatable bonds is 3. The minimum atomic E-state index is -0.207. The number of nitriles is 1. The van der Waals surface area contributed by atoms with Crippen molar-refractivity contribution in [1.82, 2.24) is 29.8 Å². The van der Waals surface area contributed by atoms with Crippen LogP contribution in [0.25, 0.3) is 27.9 Å². The first kappa shape index (κ1) is 16.7. The summed E-state index contributed by atoms with van der Waals surface area (Å²) in [7, 11) is 0. The predicted octanol–water partition coefficient (Wildman–Crippen LogP) is 3.69. The molecule has 0 radical (unpaired) electrons. The molecular formula is C23H15N7. The zero-order chi connectivity index (χ0) is 20.1. The number of fused-ring (bicyclic) bond motifs is 2. The zero-order valence-electron chi connectivity index (χ0n) is 15.9. The van der Waals surface area contributed by atoms with Gasteiger partial charge in [0.25, 0.3) is 5.78 Å². The quantitative estimate of drug-likeness (QED) is 0.467. The Hall–Kier alpha value is -4.18. The highest BCUT2D eigenvalue weighted by molar-refractivity contribution is 5.79. The molecule has 3 heterocycles. The molecule has 142 valence electrons. The fourth-order valence-corrected chi connectivity index (χ4v) is 3.98. The van der Waals surface area contributed by atoms with E-state index in [4.69, 9.17) is 10.4 Å². The minimum absolute atomic E-state index is 0.207. The Morgan fingerprint density at radius 1 is 0.967 bits per heavy atom. The van der Waals surface area contributed by atoms with E-state index in [0.717, 1.165) is 35.1 Å². The molecular weight excluding hydrogens is 374 g/mol. The van der Waals surface area contributed by atoms with Crippen LogP contribution in [0.2, 0.25) is 0 Å². The van der Waals surface area contributed by atoms with Crippen molar-refractivity contribution in [2.24, 2.45) is 0 Å². The van der Waals surface area contributed by atoms with E-state index >= 15 is 0 Å². The van der Waals surface area contributed by atoms with Crippen LogP contribution < -0.4 is 0 Å². The van der Waals surface area contributed by atoms with Gasteiger partial charge in [-0.2, -0.15) is 14.9 Å². The summed E-state index contributed by atoms with van der Waals surface area (Å²) in [5.41, 5.74) is 4.19. The van der Waals surface area contributed by atoms with Gasteiger partial charge in [-0.05, 0) is 48.7 Å². The van der Waals surface area contributed by atoms with Gasteiger partial charge < -0.3 is 0 Å². The van der Waals surface area contributed by atoms with Crippen LogP contribution in [0.15, 0.2) is 67.0 Å². The Labute approximate surface area is 171 Å². The lowest BCUT2D eigenvalue weighted by molar-refractivity contribution is 0.703. The van der Waals surface area contributed by atoms with E-state index in [9.17, 15) is 0 Å². The summed E-state index contributed by atoms with van der Waals surface area (Å²) in [5.74, 6) is 1.29. The van der Waals surface area contributed by atoms with Crippen molar-refractivity contribution in [3.8, 4) is 17.3 Å². The van der Waals surface area contributed by atoms with Crippen LogP contribution >= 0.6 is 0 Å². The number of hydrogen-bond acceptors (Lipinski definition) is 6. The van der Waals surface area contributed by atoms with E-state index in [-0.39, 0.29) is 5.41 Å². The van der Waals surface area contributed by atoms with Crippen molar-refractivity contribution in [3.63, 3.8) is 0 Å². The van der Waals surface area contributed by atoms with Gasteiger partial charge in [-0.25, -0.2) is 4.98 Å². The highest BCUT2D eigenvalue weighted by atomic mass is 15.4. The largest absolute Gasteiger partial charge is 0.271 e. The second-order valence-corrected chi connectivity index (χ2v) is 7.56. The highest BCUT2D eigenvalue weighted by Crippen LogP contribution is 2.53. The van der Waals surface area contributed by atoms with Crippen LogP contribution in [0.3, 0.4) is 0 Å². The Kier molecular flexibility index (Phi) is 3.44. The van der Waals surface area contributed by atoms with Gasteiger partial charge in [-0.15, -0.1) is 10.2 Å². The van der Waals surface area contributed by atoms with Crippen molar-refractivity contribution >= 4 is 16.7 Å². The Balaban J connectivity index is 1.47. The van der Waals surface area contributed by atoms with Gasteiger partial charge in [0.1, 0.15) is 5.69 Å². The Bertz CT molecular complexity index is 1460. The molecule has 7 nitrogen and oxygen atoms in total. The topological polar surface area (TPSA) is 92.6 Å². The number of hydrogen-bond donors (Lipinski definition) is 0. The fourth-order valence-electron chi connectivity index (χ4n) is 3.98. The maximum absolute atomic E-state index is 9.02. The lowest BCUT2D eigenvalue weighted by Gasteiger charge is -2.14. The third-order valence-electron chi connectivity index (χ3n) is 5.78. The average Bonchev–Trinajstić information content (AvgIpc) is 3.51. The molecule has 3 aromatic heterocycles. The second-order valence-electron chi connectivity index (χ2n) is 7.56. The van der Waals surface area contributed by atoms with Crippen LogP contribution in [0.1, 0.15) is 29.8 Å². The Morgan fingerprint density at radius 2 is 1.83 bits per heavy atom. The number of aromatic nitrogens is 6. The van der Waals surface area contributed by atoms with Crippen molar-refractivity contribution in [2.45, 2.75) is 18.3 Å². The molecule has 0 bridgehead atoms. The number of pyridine rings is 1. The van der Waals surface area contributed by atoms with Crippen molar-refractivity contribution in [3.05, 3.63) is 83.9 Å². The van der Waals surface area contributed by atoms with Gasteiger partial charge in [-0.3, -0.25) is 4.98 Å². The van der Waals surface area contributed by atoms with Crippen molar-refractivity contribution < 1.29 is 0 Å². The normalized spacial score (nSPS) is 14.6. The molecule has 0 aliphatic heterocycles. The van der Waals surface area contributed by atoms with Gasteiger partial charge in [0.2, 0.25) is 0 Å². The summed E-state index contributed by atoms with van der Waals surface area (Å²) >= 11 is 0. The molecule has 0 amide bonds. The molecule has 0 N–H and O–H groups in total. The van der Waals surface area contributed by atoms with Gasteiger partial charge in [0.05, 0.1) is 28.8 Å². The molecule has 6 rings (SSSR count). The monoisotopic (exact) mass is 389 g/mol. The molecule has 7 heteroatoms. The van der Waals surface area contributed by atoms with E-state index < -0.39 is 0 Å². The van der Waals surface area contributed by atoms with E-state index in [2.05, 4.69) is 50.5 Å². The van der Waals surface area contributed by atoms with Gasteiger partial charge in [-0.1, -0.05) is 24.3 Å². The molecule has 2 aromatic carbocycles. The number of nitrogens with zero attached hydrogens (tertiary/aromatic N) is 7. The predicted molar refractivity (Wildman–Crippen MR) is 110 cm³/mol. The van der Waals surface area contributed by atoms with Gasteiger partial charge in [0, 0.05) is 17.1 Å². The first-order valence-electron chi connectivity index (χ1n) is 9.72. The number of benzene rings is 2. The first-order valence-corrected chi connectivity index (χ1v) is 9.72. The molecule has 0 atom stereocenters. The van der Waals surface area contributed by atoms with E-state index in [0.29, 0.717) is 17.0 Å². The molecule has 1 aliphatic rings. The minimum Gasteiger partial charge on any atom is -0.256 e.